The SMILES string of the molecule is CS(=O)(=O)c1ccc(-c2cccn3nc(Nc4cnn(C5CCN(C(=O)O)CC5)c4)nc23)cc1. The van der Waals surface area contributed by atoms with E-state index < -0.39 is 15.9 Å². The summed E-state index contributed by atoms with van der Waals surface area (Å²) in [7, 11) is -3.27. The molecule has 11 nitrogen and oxygen atoms in total. The van der Waals surface area contributed by atoms with Crippen LogP contribution in [0.5, 0.6) is 0 Å². The van der Waals surface area contributed by atoms with Crippen molar-refractivity contribution < 1.29 is 18.3 Å². The molecular weight excluding hydrogens is 458 g/mol. The molecule has 0 radical (unpaired) electrons. The Balaban J connectivity index is 1.35. The molecule has 0 spiro atoms. The summed E-state index contributed by atoms with van der Waals surface area (Å²) < 4.78 is 27.0. The van der Waals surface area contributed by atoms with Gasteiger partial charge in [0.15, 0.2) is 15.5 Å². The minimum absolute atomic E-state index is 0.140. The number of carbonyl (C=O) groups is 1. The van der Waals surface area contributed by atoms with Crippen molar-refractivity contribution >= 4 is 33.2 Å². The van der Waals surface area contributed by atoms with E-state index in [0.29, 0.717) is 37.5 Å². The Morgan fingerprint density at radius 3 is 2.56 bits per heavy atom. The third kappa shape index (κ3) is 4.31. The molecule has 5 rings (SSSR count). The number of benzene rings is 1. The summed E-state index contributed by atoms with van der Waals surface area (Å²) >= 11 is 0. The molecular formula is C22H23N7O4S. The molecule has 0 bridgehead atoms. The monoisotopic (exact) mass is 481 g/mol. The lowest BCUT2D eigenvalue weighted by Gasteiger charge is -2.29. The number of rotatable bonds is 5. The summed E-state index contributed by atoms with van der Waals surface area (Å²) in [5.74, 6) is 0.403. The van der Waals surface area contributed by atoms with Crippen molar-refractivity contribution in [2.75, 3.05) is 24.7 Å². The lowest BCUT2D eigenvalue weighted by molar-refractivity contribution is 0.124. The number of piperidine rings is 1. The first-order chi connectivity index (χ1) is 16.3. The fourth-order valence-corrected chi connectivity index (χ4v) is 4.75. The standard InChI is InChI=1S/C22H23N7O4S/c1-34(32,33)18-6-4-15(5-7-18)19-3-2-10-28-20(19)25-21(26-28)24-16-13-23-29(14-16)17-8-11-27(12-9-17)22(30)31/h2-7,10,13-14,17H,8-9,11-12H2,1H3,(H,24,26)(H,30,31). The molecule has 1 amide bonds. The van der Waals surface area contributed by atoms with Gasteiger partial charge < -0.3 is 15.3 Å². The number of pyridine rings is 1. The van der Waals surface area contributed by atoms with Gasteiger partial charge in [-0.2, -0.15) is 10.1 Å². The summed E-state index contributed by atoms with van der Waals surface area (Å²) in [6, 6.07) is 10.6. The van der Waals surface area contributed by atoms with E-state index in [1.807, 2.05) is 23.0 Å². The largest absolute Gasteiger partial charge is 0.465 e. The number of nitrogens with zero attached hydrogens (tertiary/aromatic N) is 6. The van der Waals surface area contributed by atoms with Crippen LogP contribution in [0.4, 0.5) is 16.4 Å². The molecule has 4 aromatic rings. The Kier molecular flexibility index (Phi) is 5.44. The molecule has 1 aliphatic heterocycles. The van der Waals surface area contributed by atoms with Crippen LogP contribution < -0.4 is 5.32 Å². The molecule has 0 aliphatic carbocycles. The first kappa shape index (κ1) is 21.9. The molecule has 3 aromatic heterocycles. The van der Waals surface area contributed by atoms with Gasteiger partial charge in [-0.05, 0) is 42.7 Å². The number of likely N-dealkylation sites (tertiary alicyclic amines) is 1. The highest BCUT2D eigenvalue weighted by Crippen LogP contribution is 2.27. The maximum atomic E-state index is 11.7. The van der Waals surface area contributed by atoms with Crippen LogP contribution in [0.1, 0.15) is 18.9 Å². The van der Waals surface area contributed by atoms with E-state index in [0.717, 1.165) is 16.8 Å². The van der Waals surface area contributed by atoms with Gasteiger partial charge in [0.25, 0.3) is 0 Å². The Bertz CT molecular complexity index is 1450. The number of sulfone groups is 1. The lowest BCUT2D eigenvalue weighted by atomic mass is 10.1. The quantitative estimate of drug-likeness (QED) is 0.444. The molecule has 1 aromatic carbocycles. The highest BCUT2D eigenvalue weighted by atomic mass is 32.2. The van der Waals surface area contributed by atoms with E-state index in [-0.39, 0.29) is 10.9 Å². The van der Waals surface area contributed by atoms with Crippen LogP contribution in [0.25, 0.3) is 16.8 Å². The predicted molar refractivity (Wildman–Crippen MR) is 125 cm³/mol. The van der Waals surface area contributed by atoms with Crippen molar-refractivity contribution in [1.29, 1.82) is 0 Å². The van der Waals surface area contributed by atoms with E-state index >= 15 is 0 Å². The average Bonchev–Trinajstić information content (AvgIpc) is 3.45. The first-order valence-corrected chi connectivity index (χ1v) is 12.6. The van der Waals surface area contributed by atoms with Crippen LogP contribution in [-0.4, -0.2) is 68.2 Å². The molecule has 34 heavy (non-hydrogen) atoms. The van der Waals surface area contributed by atoms with Gasteiger partial charge in [0.1, 0.15) is 0 Å². The number of aromatic nitrogens is 5. The summed E-state index contributed by atoms with van der Waals surface area (Å²) in [4.78, 5) is 17.4. The second-order valence-electron chi connectivity index (χ2n) is 8.26. The first-order valence-electron chi connectivity index (χ1n) is 10.7. The fourth-order valence-electron chi connectivity index (χ4n) is 4.12. The molecule has 1 fully saturated rings. The van der Waals surface area contributed by atoms with Crippen LogP contribution in [0.3, 0.4) is 0 Å². The molecule has 1 saturated heterocycles. The second kappa shape index (κ2) is 8.45. The molecule has 2 N–H and O–H groups in total. The predicted octanol–water partition coefficient (Wildman–Crippen LogP) is 3.05. The van der Waals surface area contributed by atoms with Gasteiger partial charge in [-0.25, -0.2) is 17.7 Å². The Morgan fingerprint density at radius 1 is 1.15 bits per heavy atom. The second-order valence-corrected chi connectivity index (χ2v) is 10.3. The highest BCUT2D eigenvalue weighted by Gasteiger charge is 2.24. The molecule has 12 heteroatoms. The molecule has 0 unspecified atom stereocenters. The Morgan fingerprint density at radius 2 is 1.88 bits per heavy atom. The van der Waals surface area contributed by atoms with Crippen molar-refractivity contribution in [2.24, 2.45) is 0 Å². The van der Waals surface area contributed by atoms with Crippen molar-refractivity contribution in [1.82, 2.24) is 29.3 Å². The summed E-state index contributed by atoms with van der Waals surface area (Å²) in [5, 5.41) is 21.2. The molecule has 4 heterocycles. The van der Waals surface area contributed by atoms with Gasteiger partial charge in [0.05, 0.1) is 22.8 Å². The molecule has 176 valence electrons. The smallest absolute Gasteiger partial charge is 0.407 e. The third-order valence-corrected chi connectivity index (χ3v) is 7.05. The van der Waals surface area contributed by atoms with E-state index in [1.54, 1.807) is 41.2 Å². The number of carboxylic acid groups (broad SMARTS) is 1. The number of hydrogen-bond donors (Lipinski definition) is 2. The van der Waals surface area contributed by atoms with E-state index in [2.05, 4.69) is 20.5 Å². The number of fused-ring (bicyclic) bond motifs is 1. The van der Waals surface area contributed by atoms with E-state index in [1.165, 1.54) is 11.2 Å². The van der Waals surface area contributed by atoms with Gasteiger partial charge in [0, 0.05) is 37.3 Å². The van der Waals surface area contributed by atoms with Gasteiger partial charge in [-0.1, -0.05) is 12.1 Å². The Hall–Kier alpha value is -3.93. The van der Waals surface area contributed by atoms with Gasteiger partial charge in [-0.15, -0.1) is 5.10 Å². The van der Waals surface area contributed by atoms with E-state index in [4.69, 9.17) is 5.11 Å². The van der Waals surface area contributed by atoms with Gasteiger partial charge >= 0.3 is 6.09 Å². The van der Waals surface area contributed by atoms with E-state index in [9.17, 15) is 13.2 Å². The number of hydrogen-bond acceptors (Lipinski definition) is 7. The summed E-state index contributed by atoms with van der Waals surface area (Å²) in [6.07, 6.45) is 7.08. The van der Waals surface area contributed by atoms with Crippen LogP contribution in [0.2, 0.25) is 0 Å². The van der Waals surface area contributed by atoms with Gasteiger partial charge in [-0.3, -0.25) is 4.68 Å². The van der Waals surface area contributed by atoms with Crippen molar-refractivity contribution in [3.63, 3.8) is 0 Å². The maximum Gasteiger partial charge on any atom is 0.407 e. The van der Waals surface area contributed by atoms with Crippen LogP contribution >= 0.6 is 0 Å². The van der Waals surface area contributed by atoms with Crippen LogP contribution in [0.15, 0.2) is 59.9 Å². The minimum atomic E-state index is -3.27. The minimum Gasteiger partial charge on any atom is -0.465 e. The van der Waals surface area contributed by atoms with Crippen LogP contribution in [0, 0.1) is 0 Å². The van der Waals surface area contributed by atoms with Gasteiger partial charge in [0.2, 0.25) is 5.95 Å². The fraction of sp³-hybridized carbons (Fsp3) is 0.273. The number of amides is 1. The highest BCUT2D eigenvalue weighted by molar-refractivity contribution is 7.90. The summed E-state index contributed by atoms with van der Waals surface area (Å²) in [5.41, 5.74) is 3.02. The van der Waals surface area contributed by atoms with Crippen molar-refractivity contribution in [3.05, 3.63) is 55.0 Å². The normalized spacial score (nSPS) is 15.0. The zero-order valence-corrected chi connectivity index (χ0v) is 19.2. The lowest BCUT2D eigenvalue weighted by Crippen LogP contribution is -2.38. The average molecular weight is 482 g/mol. The van der Waals surface area contributed by atoms with Crippen molar-refractivity contribution in [3.8, 4) is 11.1 Å². The molecule has 0 atom stereocenters. The molecule has 0 saturated carbocycles. The zero-order chi connectivity index (χ0) is 23.9. The number of anilines is 2. The summed E-state index contributed by atoms with van der Waals surface area (Å²) in [6.45, 7) is 0.981. The third-order valence-electron chi connectivity index (χ3n) is 5.92. The number of nitrogens with one attached hydrogen (secondary N) is 1. The zero-order valence-electron chi connectivity index (χ0n) is 18.4. The van der Waals surface area contributed by atoms with Crippen molar-refractivity contribution in [2.45, 2.75) is 23.8 Å². The topological polar surface area (TPSA) is 135 Å². The van der Waals surface area contributed by atoms with Crippen LogP contribution in [-0.2, 0) is 9.84 Å². The molecule has 1 aliphatic rings. The maximum absolute atomic E-state index is 11.7. The Labute approximate surface area is 195 Å².